The van der Waals surface area contributed by atoms with Gasteiger partial charge in [-0.3, -0.25) is 9.59 Å². The van der Waals surface area contributed by atoms with E-state index in [2.05, 4.69) is 6.07 Å². The maximum absolute atomic E-state index is 14.5. The van der Waals surface area contributed by atoms with Crippen LogP contribution < -0.4 is 26.4 Å². The molecular formula is C64H34BF24NO2. The number of carbonyl (C=O) groups is 2. The highest BCUT2D eigenvalue weighted by atomic mass is 19.4. The molecule has 0 saturated heterocycles. The number of pyridine rings is 1. The van der Waals surface area contributed by atoms with Crippen molar-refractivity contribution in [3.05, 3.63) is 256 Å². The first kappa shape index (κ1) is 67.0. The molecule has 0 saturated carbocycles. The molecule has 10 rings (SSSR count). The SMILES string of the molecule is FC(F)(F)c1cc([B-](c2cc(C(F)(F)F)cc(C(F)(F)F)c2)(c2cc(C(F)(F)F)cc(C(F)(F)F)c2)c2cc(C(F)(F)F)cc(C(F)(F)F)c2)cc(C(F)(F)F)c1.O=C(C[n+]1ccc2ccccc2c1C(=O)c1c2ccccc2cc2ccccc12)c1ccccc1. The van der Waals surface area contributed by atoms with Crippen molar-refractivity contribution in [3.8, 4) is 0 Å². The number of alkyl halides is 24. The Kier molecular flexibility index (Phi) is 17.3. The number of aromatic nitrogens is 1. The van der Waals surface area contributed by atoms with Gasteiger partial charge in [-0.25, -0.2) is 0 Å². The third-order valence-corrected chi connectivity index (χ3v) is 15.0. The van der Waals surface area contributed by atoms with Gasteiger partial charge < -0.3 is 0 Å². The lowest BCUT2D eigenvalue weighted by Crippen LogP contribution is -2.75. The molecule has 478 valence electrons. The van der Waals surface area contributed by atoms with Gasteiger partial charge in [0.15, 0.2) is 6.20 Å². The first-order chi connectivity index (χ1) is 42.5. The van der Waals surface area contributed by atoms with Gasteiger partial charge in [-0.1, -0.05) is 146 Å². The molecule has 0 atom stereocenters. The molecule has 0 N–H and O–H groups in total. The van der Waals surface area contributed by atoms with Gasteiger partial charge in [-0.05, 0) is 63.3 Å². The lowest BCUT2D eigenvalue weighted by atomic mass is 9.12. The van der Waals surface area contributed by atoms with Crippen LogP contribution in [0.5, 0.6) is 0 Å². The zero-order valence-electron chi connectivity index (χ0n) is 45.6. The number of carbonyl (C=O) groups excluding carboxylic acids is 2. The molecule has 0 aliphatic carbocycles. The number of hydrogen-bond acceptors (Lipinski definition) is 2. The number of nitrogens with zero attached hydrogens (tertiary/aromatic N) is 1. The van der Waals surface area contributed by atoms with E-state index in [-0.39, 0.29) is 18.1 Å². The van der Waals surface area contributed by atoms with E-state index in [1.54, 1.807) is 4.57 Å². The van der Waals surface area contributed by atoms with Crippen LogP contribution in [-0.2, 0) is 56.0 Å². The quantitative estimate of drug-likeness (QED) is 0.0475. The van der Waals surface area contributed by atoms with Crippen LogP contribution in [0.25, 0.3) is 32.3 Å². The molecule has 1 aromatic heterocycles. The minimum atomic E-state index is -6.13. The summed E-state index contributed by atoms with van der Waals surface area (Å²) in [4.78, 5) is 27.6. The van der Waals surface area contributed by atoms with Crippen molar-refractivity contribution < 1.29 is 120 Å². The Morgan fingerprint density at radius 2 is 0.576 bits per heavy atom. The minimum Gasteiger partial charge on any atom is -0.287 e. The molecule has 0 fully saturated rings. The molecule has 0 aliphatic heterocycles. The Morgan fingerprint density at radius 1 is 0.304 bits per heavy atom. The molecule has 0 spiro atoms. The lowest BCUT2D eigenvalue weighted by molar-refractivity contribution is -0.683. The van der Waals surface area contributed by atoms with E-state index < -0.39 is 195 Å². The Morgan fingerprint density at radius 3 is 0.880 bits per heavy atom. The Balaban J connectivity index is 0.000000242. The maximum Gasteiger partial charge on any atom is 0.416 e. The van der Waals surface area contributed by atoms with Gasteiger partial charge >= 0.3 is 49.4 Å². The van der Waals surface area contributed by atoms with E-state index in [4.69, 9.17) is 0 Å². The van der Waals surface area contributed by atoms with Crippen molar-refractivity contribution in [2.24, 2.45) is 0 Å². The van der Waals surface area contributed by atoms with Gasteiger partial charge in [0.1, 0.15) is 6.15 Å². The Hall–Kier alpha value is -9.37. The highest BCUT2D eigenvalue weighted by molar-refractivity contribution is 7.20. The lowest BCUT2D eigenvalue weighted by Gasteiger charge is -2.46. The molecule has 9 aromatic carbocycles. The van der Waals surface area contributed by atoms with E-state index in [1.165, 1.54) is 0 Å². The predicted octanol–water partition coefficient (Wildman–Crippen LogP) is 17.8. The van der Waals surface area contributed by atoms with Gasteiger partial charge in [0.25, 0.3) is 11.5 Å². The van der Waals surface area contributed by atoms with Crippen LogP contribution in [0, 0.1) is 0 Å². The monoisotopic (exact) mass is 1320 g/mol. The molecule has 1 heterocycles. The molecule has 92 heavy (non-hydrogen) atoms. The van der Waals surface area contributed by atoms with Gasteiger partial charge in [0.2, 0.25) is 12.3 Å². The molecule has 3 nitrogen and oxygen atoms in total. The number of halogens is 24. The average Bonchev–Trinajstić information content (AvgIpc) is 0.715. The van der Waals surface area contributed by atoms with Gasteiger partial charge in [0.05, 0.1) is 49.9 Å². The second kappa shape index (κ2) is 23.7. The van der Waals surface area contributed by atoms with Gasteiger partial charge in [0, 0.05) is 17.2 Å². The largest absolute Gasteiger partial charge is 0.416 e. The fourth-order valence-electron chi connectivity index (χ4n) is 11.0. The highest BCUT2D eigenvalue weighted by Crippen LogP contribution is 2.42. The van der Waals surface area contributed by atoms with Crippen molar-refractivity contribution in [2.45, 2.75) is 56.0 Å². The Bertz CT molecular complexity index is 3990. The van der Waals surface area contributed by atoms with Crippen LogP contribution >= 0.6 is 0 Å². The highest BCUT2D eigenvalue weighted by Gasteiger charge is 2.47. The van der Waals surface area contributed by atoms with Crippen LogP contribution in [0.2, 0.25) is 0 Å². The van der Waals surface area contributed by atoms with Crippen LogP contribution in [0.15, 0.2) is 194 Å². The molecule has 0 unspecified atom stereocenters. The van der Waals surface area contributed by atoms with E-state index in [9.17, 15) is 115 Å². The van der Waals surface area contributed by atoms with E-state index in [1.807, 2.05) is 115 Å². The van der Waals surface area contributed by atoms with E-state index in [0.29, 0.717) is 16.8 Å². The second-order valence-electron chi connectivity index (χ2n) is 20.9. The van der Waals surface area contributed by atoms with Crippen molar-refractivity contribution in [1.82, 2.24) is 0 Å². The number of ketones is 2. The number of rotatable bonds is 9. The summed E-state index contributed by atoms with van der Waals surface area (Å²) < 4.78 is 343. The molecule has 0 radical (unpaired) electrons. The van der Waals surface area contributed by atoms with Crippen molar-refractivity contribution >= 4 is 71.9 Å². The zero-order chi connectivity index (χ0) is 67.7. The van der Waals surface area contributed by atoms with Gasteiger partial charge in [-0.2, -0.15) is 132 Å². The number of benzene rings is 9. The first-order valence-electron chi connectivity index (χ1n) is 26.3. The summed E-state index contributed by atoms with van der Waals surface area (Å²) in [6.07, 6.45) is -53.0. The van der Waals surface area contributed by atoms with Crippen molar-refractivity contribution in [2.75, 3.05) is 0 Å². The molecule has 0 bridgehead atoms. The molecular weight excluding hydrogens is 1280 g/mol. The fourth-order valence-corrected chi connectivity index (χ4v) is 11.0. The fraction of sp³-hybridized carbons (Fsp3) is 0.141. The first-order valence-corrected chi connectivity index (χ1v) is 26.3. The summed E-state index contributed by atoms with van der Waals surface area (Å²) in [5, 5.41) is 5.64. The standard InChI is InChI=1S/C32H12BF24.C32H22NO2/c34-25(35,36)13-1-14(26(37,38)39)6-21(5-13)33(22-7-15(27(40,41)42)2-16(8-22)28(43,44)45,23-9-17(29(46,47)48)3-18(10-23)30(49,50)51)24-11-19(31(52,53)54)4-20(12-24)32(55,56)57;34-29(23-11-2-1-3-12-23)21-33-19-18-22-10-4-9-17-28(22)31(33)32(35)30-26-15-7-5-13-24(26)20-25-14-6-8-16-27(25)30/h1-12H;1-20H,21H2/q-1;+1. The smallest absolute Gasteiger partial charge is 0.287 e. The minimum absolute atomic E-state index is 0.0392. The van der Waals surface area contributed by atoms with Crippen LogP contribution in [0.1, 0.15) is 70.9 Å². The zero-order valence-corrected chi connectivity index (χ0v) is 45.6. The summed E-state index contributed by atoms with van der Waals surface area (Å²) in [5.41, 5.74) is -28.4. The summed E-state index contributed by atoms with van der Waals surface area (Å²) in [6.45, 7) is 0.0820. The third-order valence-electron chi connectivity index (χ3n) is 15.0. The molecule has 0 aliphatic rings. The van der Waals surface area contributed by atoms with Crippen LogP contribution in [0.4, 0.5) is 105 Å². The number of fused-ring (bicyclic) bond motifs is 3. The molecule has 10 aromatic rings. The van der Waals surface area contributed by atoms with E-state index >= 15 is 0 Å². The summed E-state index contributed by atoms with van der Waals surface area (Å²) in [7, 11) is 0. The van der Waals surface area contributed by atoms with E-state index in [0.717, 1.165) is 32.3 Å². The van der Waals surface area contributed by atoms with Crippen molar-refractivity contribution in [1.29, 1.82) is 0 Å². The Labute approximate surface area is 501 Å². The normalized spacial score (nSPS) is 13.1. The average molecular weight is 1320 g/mol. The number of Topliss-reactive ketones (excluding diaryl/α,β-unsaturated/α-hetero) is 1. The second-order valence-corrected chi connectivity index (χ2v) is 20.9. The predicted molar refractivity (Wildman–Crippen MR) is 290 cm³/mol. The summed E-state index contributed by atoms with van der Waals surface area (Å²) in [5.74, 6) is -0.127. The molecule has 0 amide bonds. The summed E-state index contributed by atoms with van der Waals surface area (Å²) in [6, 6.07) is 28.3. The third kappa shape index (κ3) is 13.8. The van der Waals surface area contributed by atoms with Gasteiger partial charge in [-0.15, -0.1) is 0 Å². The number of hydrogen-bond donors (Lipinski definition) is 0. The van der Waals surface area contributed by atoms with Crippen molar-refractivity contribution in [3.63, 3.8) is 0 Å². The van der Waals surface area contributed by atoms with Crippen LogP contribution in [-0.4, -0.2) is 17.7 Å². The maximum atomic E-state index is 14.5. The topological polar surface area (TPSA) is 38.0 Å². The molecule has 28 heteroatoms. The van der Waals surface area contributed by atoms with Crippen LogP contribution in [0.3, 0.4) is 0 Å². The summed E-state index contributed by atoms with van der Waals surface area (Å²) >= 11 is 0.